The monoisotopic (exact) mass is 330 g/mol. The van der Waals surface area contributed by atoms with Crippen LogP contribution in [0.3, 0.4) is 0 Å². The van der Waals surface area contributed by atoms with Crippen LogP contribution in [0.4, 0.5) is 4.39 Å². The van der Waals surface area contributed by atoms with Gasteiger partial charge in [-0.1, -0.05) is 36.0 Å². The molecule has 0 atom stereocenters. The lowest BCUT2D eigenvalue weighted by molar-refractivity contribution is 0.413. The maximum atomic E-state index is 13.1. The number of nitrogens with zero attached hydrogens (tertiary/aromatic N) is 2. The summed E-state index contributed by atoms with van der Waals surface area (Å²) in [5.41, 5.74) is 1.95. The SMILES string of the molecule is COc1ccc(Cc2nnc(SCc3cccc(F)c3)o2)cc1. The summed E-state index contributed by atoms with van der Waals surface area (Å²) in [6, 6.07) is 14.2. The zero-order valence-electron chi connectivity index (χ0n) is 12.5. The summed E-state index contributed by atoms with van der Waals surface area (Å²) in [5, 5.41) is 8.54. The van der Waals surface area contributed by atoms with E-state index < -0.39 is 0 Å². The Morgan fingerprint density at radius 2 is 1.91 bits per heavy atom. The first-order valence-electron chi connectivity index (χ1n) is 7.05. The van der Waals surface area contributed by atoms with Crippen molar-refractivity contribution in [3.63, 3.8) is 0 Å². The Labute approximate surface area is 137 Å². The molecule has 3 aromatic rings. The van der Waals surface area contributed by atoms with Crippen molar-refractivity contribution in [3.05, 3.63) is 71.4 Å². The summed E-state index contributed by atoms with van der Waals surface area (Å²) in [5.74, 6) is 1.71. The Morgan fingerprint density at radius 1 is 1.09 bits per heavy atom. The van der Waals surface area contributed by atoms with Crippen molar-refractivity contribution >= 4 is 11.8 Å². The molecule has 0 fully saturated rings. The summed E-state index contributed by atoms with van der Waals surface area (Å²) in [6.07, 6.45) is 0.567. The predicted molar refractivity (Wildman–Crippen MR) is 86.1 cm³/mol. The largest absolute Gasteiger partial charge is 0.497 e. The molecule has 118 valence electrons. The Morgan fingerprint density at radius 3 is 2.65 bits per heavy atom. The molecule has 0 saturated heterocycles. The molecule has 0 aliphatic carbocycles. The standard InChI is InChI=1S/C17H15FN2O2S/c1-21-15-7-5-12(6-8-15)10-16-19-20-17(22-16)23-11-13-3-2-4-14(18)9-13/h2-9H,10-11H2,1H3. The molecule has 2 aromatic carbocycles. The number of benzene rings is 2. The molecular weight excluding hydrogens is 315 g/mol. The van der Waals surface area contributed by atoms with Crippen molar-refractivity contribution in [3.8, 4) is 5.75 Å². The van der Waals surface area contributed by atoms with Gasteiger partial charge in [0.1, 0.15) is 11.6 Å². The summed E-state index contributed by atoms with van der Waals surface area (Å²) in [6.45, 7) is 0. The first kappa shape index (κ1) is 15.6. The van der Waals surface area contributed by atoms with E-state index in [1.165, 1.54) is 23.9 Å². The minimum absolute atomic E-state index is 0.242. The molecular formula is C17H15FN2O2S. The van der Waals surface area contributed by atoms with Gasteiger partial charge in [-0.25, -0.2) is 4.39 Å². The molecule has 0 spiro atoms. The molecule has 0 amide bonds. The van der Waals surface area contributed by atoms with Gasteiger partial charge in [0.2, 0.25) is 5.89 Å². The number of aromatic nitrogens is 2. The molecule has 0 aliphatic rings. The average molecular weight is 330 g/mol. The lowest BCUT2D eigenvalue weighted by atomic mass is 10.1. The Kier molecular flexibility index (Phi) is 4.92. The second-order valence-electron chi connectivity index (χ2n) is 4.91. The molecule has 0 aliphatic heterocycles. The molecule has 0 saturated carbocycles. The maximum absolute atomic E-state index is 13.1. The quantitative estimate of drug-likeness (QED) is 0.637. The molecule has 0 bridgehead atoms. The lowest BCUT2D eigenvalue weighted by Crippen LogP contribution is -1.89. The summed E-state index contributed by atoms with van der Waals surface area (Å²) in [7, 11) is 1.63. The fraction of sp³-hybridized carbons (Fsp3) is 0.176. The number of halogens is 1. The Balaban J connectivity index is 1.59. The van der Waals surface area contributed by atoms with Gasteiger partial charge < -0.3 is 9.15 Å². The first-order valence-corrected chi connectivity index (χ1v) is 8.04. The van der Waals surface area contributed by atoms with Crippen LogP contribution < -0.4 is 4.74 Å². The predicted octanol–water partition coefficient (Wildman–Crippen LogP) is 4.10. The van der Waals surface area contributed by atoms with E-state index in [1.54, 1.807) is 13.2 Å². The fourth-order valence-corrected chi connectivity index (χ4v) is 2.78. The number of methoxy groups -OCH3 is 1. The molecule has 0 unspecified atom stereocenters. The van der Waals surface area contributed by atoms with Crippen LogP contribution in [-0.4, -0.2) is 17.3 Å². The molecule has 6 heteroatoms. The van der Waals surface area contributed by atoms with Crippen molar-refractivity contribution in [2.75, 3.05) is 7.11 Å². The van der Waals surface area contributed by atoms with Gasteiger partial charge in [-0.15, -0.1) is 10.2 Å². The number of rotatable bonds is 6. The van der Waals surface area contributed by atoms with Crippen molar-refractivity contribution in [1.29, 1.82) is 0 Å². The molecule has 4 nitrogen and oxygen atoms in total. The van der Waals surface area contributed by atoms with Crippen molar-refractivity contribution in [2.45, 2.75) is 17.4 Å². The van der Waals surface area contributed by atoms with Gasteiger partial charge in [-0.3, -0.25) is 0 Å². The Hall–Kier alpha value is -2.34. The second-order valence-corrected chi connectivity index (χ2v) is 5.83. The van der Waals surface area contributed by atoms with Crippen molar-refractivity contribution in [2.24, 2.45) is 0 Å². The van der Waals surface area contributed by atoms with E-state index in [4.69, 9.17) is 9.15 Å². The highest BCUT2D eigenvalue weighted by atomic mass is 32.2. The topological polar surface area (TPSA) is 48.2 Å². The van der Waals surface area contributed by atoms with Gasteiger partial charge >= 0.3 is 0 Å². The van der Waals surface area contributed by atoms with Gasteiger partial charge in [0.05, 0.1) is 13.5 Å². The van der Waals surface area contributed by atoms with Gasteiger partial charge in [-0.2, -0.15) is 0 Å². The normalized spacial score (nSPS) is 10.7. The summed E-state index contributed by atoms with van der Waals surface area (Å²) in [4.78, 5) is 0. The lowest BCUT2D eigenvalue weighted by Gasteiger charge is -2.00. The number of hydrogen-bond acceptors (Lipinski definition) is 5. The third-order valence-corrected chi connectivity index (χ3v) is 4.10. The molecule has 0 N–H and O–H groups in total. The van der Waals surface area contributed by atoms with Gasteiger partial charge in [-0.05, 0) is 35.4 Å². The van der Waals surface area contributed by atoms with E-state index >= 15 is 0 Å². The molecule has 1 heterocycles. The van der Waals surface area contributed by atoms with Crippen LogP contribution >= 0.6 is 11.8 Å². The molecule has 0 radical (unpaired) electrons. The first-order chi connectivity index (χ1) is 11.2. The van der Waals surface area contributed by atoms with Crippen LogP contribution in [0, 0.1) is 5.82 Å². The molecule has 3 rings (SSSR count). The minimum Gasteiger partial charge on any atom is -0.497 e. The zero-order valence-corrected chi connectivity index (χ0v) is 13.3. The highest BCUT2D eigenvalue weighted by Crippen LogP contribution is 2.23. The van der Waals surface area contributed by atoms with Crippen LogP contribution in [0.25, 0.3) is 0 Å². The van der Waals surface area contributed by atoms with Gasteiger partial charge in [0.25, 0.3) is 5.22 Å². The number of hydrogen-bond donors (Lipinski definition) is 0. The smallest absolute Gasteiger partial charge is 0.276 e. The van der Waals surface area contributed by atoms with E-state index in [2.05, 4.69) is 10.2 Å². The second kappa shape index (κ2) is 7.28. The van der Waals surface area contributed by atoms with E-state index in [9.17, 15) is 4.39 Å². The van der Waals surface area contributed by atoms with Crippen LogP contribution in [0.15, 0.2) is 58.2 Å². The minimum atomic E-state index is -0.242. The van der Waals surface area contributed by atoms with Crippen molar-refractivity contribution < 1.29 is 13.5 Å². The van der Waals surface area contributed by atoms with Gasteiger partial charge in [0.15, 0.2) is 0 Å². The van der Waals surface area contributed by atoms with Crippen LogP contribution in [-0.2, 0) is 12.2 Å². The molecule has 23 heavy (non-hydrogen) atoms. The van der Waals surface area contributed by atoms with Crippen molar-refractivity contribution in [1.82, 2.24) is 10.2 Å². The van der Waals surface area contributed by atoms with E-state index in [1.807, 2.05) is 30.3 Å². The number of ether oxygens (including phenoxy) is 1. The highest BCUT2D eigenvalue weighted by molar-refractivity contribution is 7.98. The van der Waals surface area contributed by atoms with Crippen LogP contribution in [0.2, 0.25) is 0 Å². The summed E-state index contributed by atoms with van der Waals surface area (Å²) >= 11 is 1.39. The Bertz CT molecular complexity index is 774. The van der Waals surface area contributed by atoms with Gasteiger partial charge in [0, 0.05) is 5.75 Å². The zero-order chi connectivity index (χ0) is 16.1. The highest BCUT2D eigenvalue weighted by Gasteiger charge is 2.08. The van der Waals surface area contributed by atoms with Crippen LogP contribution in [0.5, 0.6) is 5.75 Å². The van der Waals surface area contributed by atoms with Crippen LogP contribution in [0.1, 0.15) is 17.0 Å². The van der Waals surface area contributed by atoms with E-state index in [-0.39, 0.29) is 5.82 Å². The average Bonchev–Trinajstić information content (AvgIpc) is 3.01. The third-order valence-electron chi connectivity index (χ3n) is 3.21. The van der Waals surface area contributed by atoms with E-state index in [0.717, 1.165) is 16.9 Å². The summed E-state index contributed by atoms with van der Waals surface area (Å²) < 4.78 is 23.9. The maximum Gasteiger partial charge on any atom is 0.276 e. The van der Waals surface area contributed by atoms with E-state index in [0.29, 0.717) is 23.3 Å². The molecule has 1 aromatic heterocycles. The number of thioether (sulfide) groups is 1. The fourth-order valence-electron chi connectivity index (χ4n) is 2.06. The third kappa shape index (κ3) is 4.32.